The molecule has 0 bridgehead atoms. The zero-order chi connectivity index (χ0) is 11.9. The normalized spacial score (nSPS) is 21.2. The topological polar surface area (TPSA) is 42.7 Å². The molecule has 1 aromatic carbocycles. The molecule has 0 spiro atoms. The summed E-state index contributed by atoms with van der Waals surface area (Å²) in [6.45, 7) is 2.06. The lowest BCUT2D eigenvalue weighted by Crippen LogP contribution is -2.24. The predicted octanol–water partition coefficient (Wildman–Crippen LogP) is 1.98. The van der Waals surface area contributed by atoms with Crippen molar-refractivity contribution in [2.45, 2.75) is 31.7 Å². The number of aromatic nitrogens is 3. The van der Waals surface area contributed by atoms with Crippen molar-refractivity contribution in [3.8, 4) is 0 Å². The Morgan fingerprint density at radius 1 is 1.22 bits per heavy atom. The van der Waals surface area contributed by atoms with E-state index < -0.39 is 0 Å². The number of aryl methyl sites for hydroxylation is 1. The molecule has 0 amide bonds. The highest BCUT2D eigenvalue weighted by Gasteiger charge is 2.27. The average Bonchev–Trinajstić information content (AvgIpc) is 3.00. The molecule has 1 unspecified atom stereocenters. The summed E-state index contributed by atoms with van der Waals surface area (Å²) >= 11 is 0. The molecular formula is C14H16N4. The molecule has 2 aromatic rings. The lowest BCUT2D eigenvalue weighted by Gasteiger charge is -2.25. The molecule has 4 rings (SSSR count). The number of benzene rings is 1. The van der Waals surface area contributed by atoms with Crippen LogP contribution < -0.4 is 5.32 Å². The van der Waals surface area contributed by atoms with E-state index in [-0.39, 0.29) is 0 Å². The summed E-state index contributed by atoms with van der Waals surface area (Å²) in [4.78, 5) is 0. The van der Waals surface area contributed by atoms with E-state index in [9.17, 15) is 0 Å². The monoisotopic (exact) mass is 240 g/mol. The molecule has 0 saturated carbocycles. The van der Waals surface area contributed by atoms with E-state index in [0.29, 0.717) is 5.92 Å². The van der Waals surface area contributed by atoms with Gasteiger partial charge < -0.3 is 9.88 Å². The van der Waals surface area contributed by atoms with Gasteiger partial charge in [-0.05, 0) is 24.5 Å². The Labute approximate surface area is 106 Å². The number of fused-ring (bicyclic) bond motifs is 2. The van der Waals surface area contributed by atoms with E-state index in [0.717, 1.165) is 25.9 Å². The lowest BCUT2D eigenvalue weighted by atomic mass is 9.93. The Hall–Kier alpha value is -1.84. The summed E-state index contributed by atoms with van der Waals surface area (Å²) in [5.41, 5.74) is 2.67. The molecule has 1 N–H and O–H groups in total. The fraction of sp³-hybridized carbons (Fsp3) is 0.429. The van der Waals surface area contributed by atoms with Crippen LogP contribution in [0, 0.1) is 0 Å². The van der Waals surface area contributed by atoms with Crippen LogP contribution in [0.25, 0.3) is 0 Å². The molecule has 1 atom stereocenters. The van der Waals surface area contributed by atoms with Gasteiger partial charge in [0.1, 0.15) is 11.6 Å². The lowest BCUT2D eigenvalue weighted by molar-refractivity contribution is 0.587. The SMILES string of the molecule is c1ccc2c(c1)CC(c1nnc3n1CCC3)CN2. The molecule has 4 heteroatoms. The second-order valence-corrected chi connectivity index (χ2v) is 5.17. The van der Waals surface area contributed by atoms with Gasteiger partial charge in [-0.3, -0.25) is 0 Å². The molecule has 2 aliphatic rings. The molecule has 4 nitrogen and oxygen atoms in total. The number of rotatable bonds is 1. The fourth-order valence-corrected chi connectivity index (χ4v) is 3.10. The third-order valence-electron chi connectivity index (χ3n) is 4.03. The molecule has 18 heavy (non-hydrogen) atoms. The molecule has 92 valence electrons. The number of nitrogens with zero attached hydrogens (tertiary/aromatic N) is 3. The van der Waals surface area contributed by atoms with E-state index in [4.69, 9.17) is 0 Å². The molecular weight excluding hydrogens is 224 g/mol. The summed E-state index contributed by atoms with van der Waals surface area (Å²) in [5.74, 6) is 2.80. The summed E-state index contributed by atoms with van der Waals surface area (Å²) in [6, 6.07) is 8.55. The van der Waals surface area contributed by atoms with Crippen LogP contribution in [0.5, 0.6) is 0 Å². The van der Waals surface area contributed by atoms with E-state index in [1.807, 2.05) is 0 Å². The van der Waals surface area contributed by atoms with Crippen LogP contribution in [0.15, 0.2) is 24.3 Å². The maximum atomic E-state index is 4.41. The first-order valence-electron chi connectivity index (χ1n) is 6.65. The minimum atomic E-state index is 0.458. The minimum absolute atomic E-state index is 0.458. The minimum Gasteiger partial charge on any atom is -0.384 e. The summed E-state index contributed by atoms with van der Waals surface area (Å²) < 4.78 is 2.32. The second kappa shape index (κ2) is 3.83. The van der Waals surface area contributed by atoms with Gasteiger partial charge in [0.25, 0.3) is 0 Å². The van der Waals surface area contributed by atoms with Gasteiger partial charge in [0.15, 0.2) is 0 Å². The number of anilines is 1. The Morgan fingerprint density at radius 2 is 2.17 bits per heavy atom. The smallest absolute Gasteiger partial charge is 0.138 e. The maximum Gasteiger partial charge on any atom is 0.138 e. The highest BCUT2D eigenvalue weighted by Crippen LogP contribution is 2.30. The van der Waals surface area contributed by atoms with Crippen molar-refractivity contribution in [1.82, 2.24) is 14.8 Å². The highest BCUT2D eigenvalue weighted by molar-refractivity contribution is 5.54. The van der Waals surface area contributed by atoms with Crippen molar-refractivity contribution in [3.63, 3.8) is 0 Å². The first kappa shape index (κ1) is 10.1. The number of hydrogen-bond acceptors (Lipinski definition) is 3. The van der Waals surface area contributed by atoms with Gasteiger partial charge in [0.2, 0.25) is 0 Å². The molecule has 0 radical (unpaired) electrons. The first-order valence-corrected chi connectivity index (χ1v) is 6.65. The molecule has 3 heterocycles. The Kier molecular flexibility index (Phi) is 2.15. The fourth-order valence-electron chi connectivity index (χ4n) is 3.10. The quantitative estimate of drug-likeness (QED) is 0.828. The molecule has 0 saturated heterocycles. The van der Waals surface area contributed by atoms with Crippen molar-refractivity contribution in [3.05, 3.63) is 41.5 Å². The van der Waals surface area contributed by atoms with Crippen molar-refractivity contribution >= 4 is 5.69 Å². The van der Waals surface area contributed by atoms with Crippen LogP contribution in [0.3, 0.4) is 0 Å². The number of nitrogens with one attached hydrogen (secondary N) is 1. The Bertz CT molecular complexity index is 587. The van der Waals surface area contributed by atoms with Gasteiger partial charge in [-0.2, -0.15) is 0 Å². The third kappa shape index (κ3) is 1.45. The number of hydrogen-bond donors (Lipinski definition) is 1. The third-order valence-corrected chi connectivity index (χ3v) is 4.03. The van der Waals surface area contributed by atoms with Gasteiger partial charge in [-0.25, -0.2) is 0 Å². The van der Waals surface area contributed by atoms with Crippen molar-refractivity contribution in [1.29, 1.82) is 0 Å². The van der Waals surface area contributed by atoms with Gasteiger partial charge in [0, 0.05) is 31.1 Å². The summed E-state index contributed by atoms with van der Waals surface area (Å²) in [6.07, 6.45) is 3.37. The van der Waals surface area contributed by atoms with E-state index in [2.05, 4.69) is 44.3 Å². The molecule has 1 aromatic heterocycles. The standard InChI is InChI=1S/C14H16N4/c1-2-5-12-10(4-1)8-11(9-15-12)14-17-16-13-6-3-7-18(13)14/h1-2,4-5,11,15H,3,6-9H2. The average molecular weight is 240 g/mol. The Morgan fingerprint density at radius 3 is 3.17 bits per heavy atom. The van der Waals surface area contributed by atoms with E-state index in [1.54, 1.807) is 0 Å². The van der Waals surface area contributed by atoms with Crippen molar-refractivity contribution < 1.29 is 0 Å². The molecule has 0 fully saturated rings. The van der Waals surface area contributed by atoms with Gasteiger partial charge >= 0.3 is 0 Å². The van der Waals surface area contributed by atoms with Gasteiger partial charge in [-0.15, -0.1) is 10.2 Å². The number of para-hydroxylation sites is 1. The zero-order valence-electron chi connectivity index (χ0n) is 10.3. The van der Waals surface area contributed by atoms with Crippen LogP contribution in [-0.2, 0) is 19.4 Å². The van der Waals surface area contributed by atoms with Crippen LogP contribution >= 0.6 is 0 Å². The largest absolute Gasteiger partial charge is 0.384 e. The van der Waals surface area contributed by atoms with Crippen LogP contribution in [-0.4, -0.2) is 21.3 Å². The first-order chi connectivity index (χ1) is 8.92. The van der Waals surface area contributed by atoms with E-state index >= 15 is 0 Å². The molecule has 2 aliphatic heterocycles. The molecule has 0 aliphatic carbocycles. The van der Waals surface area contributed by atoms with Crippen LogP contribution in [0.1, 0.15) is 29.6 Å². The van der Waals surface area contributed by atoms with Crippen LogP contribution in [0.2, 0.25) is 0 Å². The summed E-state index contributed by atoms with van der Waals surface area (Å²) in [7, 11) is 0. The van der Waals surface area contributed by atoms with Gasteiger partial charge in [0.05, 0.1) is 0 Å². The van der Waals surface area contributed by atoms with Crippen LogP contribution in [0.4, 0.5) is 5.69 Å². The summed E-state index contributed by atoms with van der Waals surface area (Å²) in [5, 5.41) is 12.2. The zero-order valence-corrected chi connectivity index (χ0v) is 10.3. The second-order valence-electron chi connectivity index (χ2n) is 5.17. The van der Waals surface area contributed by atoms with Crippen molar-refractivity contribution in [2.75, 3.05) is 11.9 Å². The van der Waals surface area contributed by atoms with E-state index in [1.165, 1.54) is 29.3 Å². The van der Waals surface area contributed by atoms with Gasteiger partial charge in [-0.1, -0.05) is 18.2 Å². The van der Waals surface area contributed by atoms with Crippen molar-refractivity contribution in [2.24, 2.45) is 0 Å². The highest BCUT2D eigenvalue weighted by atomic mass is 15.3. The Balaban J connectivity index is 1.68. The maximum absolute atomic E-state index is 4.41. The predicted molar refractivity (Wildman–Crippen MR) is 69.7 cm³/mol.